The Morgan fingerprint density at radius 3 is 2.18 bits per heavy atom. The minimum absolute atomic E-state index is 0.433. The first-order valence-electron chi connectivity index (χ1n) is 5.95. The second-order valence-electron chi connectivity index (χ2n) is 4.82. The Kier molecular flexibility index (Phi) is 4.84. The topological polar surface area (TPSA) is 185 Å². The Hall–Kier alpha value is -2.53. The summed E-state index contributed by atoms with van der Waals surface area (Å²) in [6.45, 7) is 0.421. The standard InChI is InChI=1S/C11H14N2O9/c1-11(22)3-12-6(9(18)19)7(10(20)21)13(11)4(8(16)17)2-5(14)15/h4,7,22H,2-3H2,1H3,(H,14,15)(H,16,17)(H,18,19)(H,20,21). The molecule has 1 aliphatic rings. The molecule has 0 aromatic rings. The molecule has 1 aliphatic heterocycles. The zero-order chi connectivity index (χ0) is 17.2. The molecule has 3 atom stereocenters. The van der Waals surface area contributed by atoms with E-state index in [9.17, 15) is 29.4 Å². The van der Waals surface area contributed by atoms with Crippen LogP contribution in [0.2, 0.25) is 0 Å². The van der Waals surface area contributed by atoms with E-state index < -0.39 is 60.4 Å². The van der Waals surface area contributed by atoms with Crippen LogP contribution >= 0.6 is 0 Å². The highest BCUT2D eigenvalue weighted by molar-refractivity contribution is 6.41. The smallest absolute Gasteiger partial charge is 0.352 e. The highest BCUT2D eigenvalue weighted by atomic mass is 16.4. The highest BCUT2D eigenvalue weighted by Crippen LogP contribution is 2.27. The van der Waals surface area contributed by atoms with Gasteiger partial charge in [0.2, 0.25) is 0 Å². The van der Waals surface area contributed by atoms with Gasteiger partial charge in [-0.1, -0.05) is 0 Å². The molecule has 0 aliphatic carbocycles. The average Bonchev–Trinajstić information content (AvgIpc) is 2.33. The number of hydrogen-bond donors (Lipinski definition) is 5. The maximum absolute atomic E-state index is 11.3. The van der Waals surface area contributed by atoms with Crippen LogP contribution in [-0.2, 0) is 19.2 Å². The first-order chi connectivity index (χ1) is 9.99. The van der Waals surface area contributed by atoms with E-state index in [1.165, 1.54) is 0 Å². The van der Waals surface area contributed by atoms with Gasteiger partial charge in [0, 0.05) is 0 Å². The van der Waals surface area contributed by atoms with Crippen LogP contribution in [0.4, 0.5) is 0 Å². The zero-order valence-corrected chi connectivity index (χ0v) is 11.3. The number of aliphatic carboxylic acids is 4. The quantitative estimate of drug-likeness (QED) is 0.364. The molecule has 3 unspecified atom stereocenters. The van der Waals surface area contributed by atoms with E-state index in [0.29, 0.717) is 4.90 Å². The Bertz CT molecular complexity index is 554. The van der Waals surface area contributed by atoms with Crippen LogP contribution in [-0.4, -0.2) is 84.4 Å². The number of aliphatic imine (C=N–C) groups is 1. The van der Waals surface area contributed by atoms with E-state index in [4.69, 9.17) is 15.3 Å². The lowest BCUT2D eigenvalue weighted by atomic mass is 9.97. The molecule has 0 amide bonds. The molecule has 0 saturated heterocycles. The summed E-state index contributed by atoms with van der Waals surface area (Å²) in [6, 6.07) is -4.04. The van der Waals surface area contributed by atoms with Crippen molar-refractivity contribution < 1.29 is 44.7 Å². The summed E-state index contributed by atoms with van der Waals surface area (Å²) in [5, 5.41) is 46.3. The molecule has 1 heterocycles. The van der Waals surface area contributed by atoms with Gasteiger partial charge < -0.3 is 25.5 Å². The molecule has 122 valence electrons. The van der Waals surface area contributed by atoms with Crippen molar-refractivity contribution in [3.8, 4) is 0 Å². The van der Waals surface area contributed by atoms with E-state index in [2.05, 4.69) is 4.99 Å². The van der Waals surface area contributed by atoms with Crippen molar-refractivity contribution in [3.63, 3.8) is 0 Å². The van der Waals surface area contributed by atoms with E-state index in [-0.39, 0.29) is 0 Å². The molecule has 0 fully saturated rings. The molecule has 11 heteroatoms. The van der Waals surface area contributed by atoms with Gasteiger partial charge in [0.25, 0.3) is 0 Å². The molecule has 0 radical (unpaired) electrons. The largest absolute Gasteiger partial charge is 0.481 e. The zero-order valence-electron chi connectivity index (χ0n) is 11.3. The van der Waals surface area contributed by atoms with Gasteiger partial charge in [-0.15, -0.1) is 0 Å². The fourth-order valence-corrected chi connectivity index (χ4v) is 2.22. The first-order valence-corrected chi connectivity index (χ1v) is 5.95. The number of carboxylic acids is 4. The van der Waals surface area contributed by atoms with Crippen LogP contribution in [0.15, 0.2) is 4.99 Å². The minimum Gasteiger partial charge on any atom is -0.481 e. The van der Waals surface area contributed by atoms with Crippen LogP contribution in [0, 0.1) is 0 Å². The number of aliphatic hydroxyl groups is 1. The molecule has 22 heavy (non-hydrogen) atoms. The van der Waals surface area contributed by atoms with Crippen LogP contribution in [0.25, 0.3) is 0 Å². The third kappa shape index (κ3) is 3.38. The summed E-state index contributed by atoms with van der Waals surface area (Å²) in [4.78, 5) is 48.4. The highest BCUT2D eigenvalue weighted by Gasteiger charge is 2.52. The van der Waals surface area contributed by atoms with Gasteiger partial charge in [-0.25, -0.2) is 9.69 Å². The van der Waals surface area contributed by atoms with Crippen LogP contribution in [0.5, 0.6) is 0 Å². The lowest BCUT2D eigenvalue weighted by Crippen LogP contribution is -2.68. The average molecular weight is 318 g/mol. The molecule has 0 saturated carbocycles. The summed E-state index contributed by atoms with van der Waals surface area (Å²) >= 11 is 0. The summed E-state index contributed by atoms with van der Waals surface area (Å²) < 4.78 is 0. The fraction of sp³-hybridized carbons (Fsp3) is 0.545. The Balaban J connectivity index is 3.44. The summed E-state index contributed by atoms with van der Waals surface area (Å²) in [5.74, 6) is -6.72. The van der Waals surface area contributed by atoms with Gasteiger partial charge in [0.15, 0.2) is 6.04 Å². The summed E-state index contributed by atoms with van der Waals surface area (Å²) in [5.41, 5.74) is -3.02. The van der Waals surface area contributed by atoms with Crippen molar-refractivity contribution >= 4 is 29.6 Å². The van der Waals surface area contributed by atoms with Crippen molar-refractivity contribution in [2.45, 2.75) is 31.2 Å². The van der Waals surface area contributed by atoms with Crippen molar-refractivity contribution in [2.75, 3.05) is 6.54 Å². The monoisotopic (exact) mass is 318 g/mol. The number of carbonyl (C=O) groups is 4. The fourth-order valence-electron chi connectivity index (χ4n) is 2.22. The van der Waals surface area contributed by atoms with Gasteiger partial charge in [-0.3, -0.25) is 19.4 Å². The minimum atomic E-state index is -2.14. The molecule has 0 aromatic heterocycles. The van der Waals surface area contributed by atoms with Gasteiger partial charge >= 0.3 is 23.9 Å². The maximum atomic E-state index is 11.3. The molecule has 0 aromatic carbocycles. The number of carboxylic acid groups (broad SMARTS) is 4. The van der Waals surface area contributed by atoms with Crippen molar-refractivity contribution in [1.29, 1.82) is 0 Å². The van der Waals surface area contributed by atoms with Gasteiger partial charge in [0.05, 0.1) is 13.0 Å². The third-order valence-corrected chi connectivity index (χ3v) is 3.08. The Morgan fingerprint density at radius 1 is 1.27 bits per heavy atom. The lowest BCUT2D eigenvalue weighted by molar-refractivity contribution is -0.177. The lowest BCUT2D eigenvalue weighted by Gasteiger charge is -2.45. The molecule has 0 spiro atoms. The molecule has 11 nitrogen and oxygen atoms in total. The van der Waals surface area contributed by atoms with Crippen LogP contribution < -0.4 is 0 Å². The molecular weight excluding hydrogens is 304 g/mol. The van der Waals surface area contributed by atoms with Gasteiger partial charge in [0.1, 0.15) is 17.5 Å². The van der Waals surface area contributed by atoms with E-state index in [1.807, 2.05) is 0 Å². The van der Waals surface area contributed by atoms with Gasteiger partial charge in [-0.05, 0) is 6.92 Å². The predicted molar refractivity (Wildman–Crippen MR) is 67.5 cm³/mol. The van der Waals surface area contributed by atoms with Crippen molar-refractivity contribution in [2.24, 2.45) is 4.99 Å². The second kappa shape index (κ2) is 6.07. The van der Waals surface area contributed by atoms with E-state index in [0.717, 1.165) is 6.92 Å². The maximum Gasteiger partial charge on any atom is 0.352 e. The SMILES string of the molecule is CC1(O)CN=C(C(=O)O)C(C(=O)O)N1C(CC(=O)O)C(=O)O. The number of hydrogen-bond acceptors (Lipinski definition) is 7. The first kappa shape index (κ1) is 17.5. The van der Waals surface area contributed by atoms with Crippen LogP contribution in [0.1, 0.15) is 13.3 Å². The Morgan fingerprint density at radius 2 is 1.82 bits per heavy atom. The Labute approximate surface area is 123 Å². The molecule has 1 rings (SSSR count). The summed E-state index contributed by atoms with van der Waals surface area (Å²) in [7, 11) is 0. The second-order valence-corrected chi connectivity index (χ2v) is 4.82. The summed E-state index contributed by atoms with van der Waals surface area (Å²) in [6.07, 6.45) is -1.03. The number of rotatable bonds is 6. The predicted octanol–water partition coefficient (Wildman–Crippen LogP) is -2.08. The molecule has 0 bridgehead atoms. The number of nitrogens with zero attached hydrogens (tertiary/aromatic N) is 2. The molecule has 5 N–H and O–H groups in total. The van der Waals surface area contributed by atoms with Crippen molar-refractivity contribution in [3.05, 3.63) is 0 Å². The molecular formula is C11H14N2O9. The van der Waals surface area contributed by atoms with Crippen LogP contribution in [0.3, 0.4) is 0 Å². The van der Waals surface area contributed by atoms with Gasteiger partial charge in [-0.2, -0.15) is 0 Å². The normalized spacial score (nSPS) is 26.8. The third-order valence-electron chi connectivity index (χ3n) is 3.08. The van der Waals surface area contributed by atoms with E-state index >= 15 is 0 Å². The van der Waals surface area contributed by atoms with E-state index in [1.54, 1.807) is 0 Å². The van der Waals surface area contributed by atoms with Crippen molar-refractivity contribution in [1.82, 2.24) is 4.90 Å².